The molecule has 0 heterocycles. The smallest absolute Gasteiger partial charge is 0.0543 e. The molecule has 1 rings (SSSR count). The summed E-state index contributed by atoms with van der Waals surface area (Å²) in [5.74, 6) is 0.844. The third-order valence-electron chi connectivity index (χ3n) is 2.73. The van der Waals surface area contributed by atoms with Gasteiger partial charge in [-0.25, -0.2) is 0 Å². The fraction of sp³-hybridized carbons (Fsp3) is 1.00. The van der Waals surface area contributed by atoms with E-state index in [1.807, 2.05) is 0 Å². The number of aliphatic hydroxyl groups excluding tert-OH is 1. The van der Waals surface area contributed by atoms with Crippen molar-refractivity contribution in [3.63, 3.8) is 0 Å². The summed E-state index contributed by atoms with van der Waals surface area (Å²) in [6.07, 6.45) is 8.83. The second-order valence-electron chi connectivity index (χ2n) is 3.83. The minimum absolute atomic E-state index is 0.0293. The van der Waals surface area contributed by atoms with Crippen LogP contribution in [0.15, 0.2) is 0 Å². The lowest BCUT2D eigenvalue weighted by atomic mass is 10.00. The number of unbranched alkanes of at least 4 members (excludes halogenated alkanes) is 2. The van der Waals surface area contributed by atoms with Crippen LogP contribution in [-0.2, 0) is 0 Å². The second kappa shape index (κ2) is 4.76. The molecule has 0 bridgehead atoms. The van der Waals surface area contributed by atoms with Crippen molar-refractivity contribution in [1.29, 1.82) is 0 Å². The van der Waals surface area contributed by atoms with E-state index in [2.05, 4.69) is 6.92 Å². The van der Waals surface area contributed by atoms with Crippen molar-refractivity contribution >= 4 is 0 Å². The van der Waals surface area contributed by atoms with Crippen molar-refractivity contribution in [1.82, 2.24) is 0 Å². The molecule has 1 fully saturated rings. The molecule has 0 aromatic heterocycles. The fourth-order valence-electron chi connectivity index (χ4n) is 1.99. The van der Waals surface area contributed by atoms with Crippen molar-refractivity contribution in [3.05, 3.63) is 0 Å². The quantitative estimate of drug-likeness (QED) is 0.620. The molecule has 1 N–H and O–H groups in total. The van der Waals surface area contributed by atoms with E-state index in [0.717, 1.165) is 18.8 Å². The average Bonchev–Trinajstić information content (AvgIpc) is 2.37. The first-order valence-electron chi connectivity index (χ1n) is 5.01. The Morgan fingerprint density at radius 2 is 2.09 bits per heavy atom. The Balaban J connectivity index is 1.99. The first-order chi connectivity index (χ1) is 5.33. The van der Waals surface area contributed by atoms with E-state index in [1.54, 1.807) is 0 Å². The zero-order chi connectivity index (χ0) is 8.10. The topological polar surface area (TPSA) is 20.2 Å². The van der Waals surface area contributed by atoms with Crippen molar-refractivity contribution in [2.24, 2.45) is 5.92 Å². The van der Waals surface area contributed by atoms with Gasteiger partial charge in [-0.3, -0.25) is 0 Å². The van der Waals surface area contributed by atoms with E-state index in [0.29, 0.717) is 0 Å². The summed E-state index contributed by atoms with van der Waals surface area (Å²) in [5, 5.41) is 9.26. The molecule has 11 heavy (non-hydrogen) atoms. The molecular formula is C10H20O. The Bertz CT molecular complexity index is 101. The Morgan fingerprint density at radius 1 is 1.27 bits per heavy atom. The van der Waals surface area contributed by atoms with E-state index in [1.165, 1.54) is 32.1 Å². The summed E-state index contributed by atoms with van der Waals surface area (Å²) in [6.45, 7) is 2.24. The van der Waals surface area contributed by atoms with E-state index >= 15 is 0 Å². The van der Waals surface area contributed by atoms with Gasteiger partial charge in [-0.2, -0.15) is 0 Å². The summed E-state index contributed by atoms with van der Waals surface area (Å²) < 4.78 is 0. The van der Waals surface area contributed by atoms with Crippen LogP contribution in [0.25, 0.3) is 0 Å². The Morgan fingerprint density at radius 3 is 2.64 bits per heavy atom. The first-order valence-corrected chi connectivity index (χ1v) is 5.01. The van der Waals surface area contributed by atoms with Gasteiger partial charge in [0.2, 0.25) is 0 Å². The van der Waals surface area contributed by atoms with E-state index in [4.69, 9.17) is 0 Å². The van der Waals surface area contributed by atoms with Gasteiger partial charge in [0.25, 0.3) is 0 Å². The van der Waals surface area contributed by atoms with Crippen molar-refractivity contribution < 1.29 is 5.11 Å². The van der Waals surface area contributed by atoms with Gasteiger partial charge in [0.05, 0.1) is 6.10 Å². The molecule has 0 radical (unpaired) electrons. The van der Waals surface area contributed by atoms with Crippen molar-refractivity contribution in [2.75, 3.05) is 0 Å². The minimum atomic E-state index is 0.0293. The van der Waals surface area contributed by atoms with Gasteiger partial charge in [-0.15, -0.1) is 0 Å². The third kappa shape index (κ3) is 3.24. The molecule has 0 saturated heterocycles. The molecular weight excluding hydrogens is 136 g/mol. The van der Waals surface area contributed by atoms with Crippen LogP contribution >= 0.6 is 0 Å². The predicted octanol–water partition coefficient (Wildman–Crippen LogP) is 2.73. The maximum atomic E-state index is 9.26. The molecule has 1 nitrogen and oxygen atoms in total. The molecule has 0 aliphatic heterocycles. The highest BCUT2D eigenvalue weighted by atomic mass is 16.3. The highest BCUT2D eigenvalue weighted by molar-refractivity contribution is 4.74. The van der Waals surface area contributed by atoms with Crippen molar-refractivity contribution in [3.8, 4) is 0 Å². The van der Waals surface area contributed by atoms with Gasteiger partial charge in [0.15, 0.2) is 0 Å². The summed E-state index contributed by atoms with van der Waals surface area (Å²) in [5.41, 5.74) is 0. The summed E-state index contributed by atoms with van der Waals surface area (Å²) >= 11 is 0. The fourth-order valence-corrected chi connectivity index (χ4v) is 1.99. The molecule has 66 valence electrons. The summed E-state index contributed by atoms with van der Waals surface area (Å²) in [4.78, 5) is 0. The number of hydrogen-bond donors (Lipinski definition) is 1. The minimum Gasteiger partial charge on any atom is -0.393 e. The molecule has 0 unspecified atom stereocenters. The Kier molecular flexibility index (Phi) is 3.92. The predicted molar refractivity (Wildman–Crippen MR) is 47.5 cm³/mol. The number of hydrogen-bond acceptors (Lipinski definition) is 1. The van der Waals surface area contributed by atoms with E-state index < -0.39 is 0 Å². The molecule has 0 aromatic rings. The largest absolute Gasteiger partial charge is 0.393 e. The summed E-state index contributed by atoms with van der Waals surface area (Å²) in [7, 11) is 0. The van der Waals surface area contributed by atoms with Crippen LogP contribution in [0.1, 0.15) is 51.9 Å². The lowest BCUT2D eigenvalue weighted by Crippen LogP contribution is -2.00. The zero-order valence-corrected chi connectivity index (χ0v) is 7.55. The van der Waals surface area contributed by atoms with Gasteiger partial charge in [0, 0.05) is 0 Å². The van der Waals surface area contributed by atoms with Crippen LogP contribution in [0.4, 0.5) is 0 Å². The van der Waals surface area contributed by atoms with Crippen LogP contribution in [0.5, 0.6) is 0 Å². The lowest BCUT2D eigenvalue weighted by molar-refractivity contribution is 0.176. The molecule has 2 atom stereocenters. The van der Waals surface area contributed by atoms with E-state index in [9.17, 15) is 5.11 Å². The van der Waals surface area contributed by atoms with Crippen LogP contribution < -0.4 is 0 Å². The van der Waals surface area contributed by atoms with Crippen LogP contribution in [-0.4, -0.2) is 11.2 Å². The molecule has 1 heteroatoms. The highest BCUT2D eigenvalue weighted by Crippen LogP contribution is 2.29. The highest BCUT2D eigenvalue weighted by Gasteiger charge is 2.21. The van der Waals surface area contributed by atoms with Gasteiger partial charge in [0.1, 0.15) is 0 Å². The Hall–Kier alpha value is -0.0400. The molecule has 0 aromatic carbocycles. The monoisotopic (exact) mass is 156 g/mol. The average molecular weight is 156 g/mol. The first kappa shape index (κ1) is 9.05. The van der Waals surface area contributed by atoms with E-state index in [-0.39, 0.29) is 6.10 Å². The second-order valence-corrected chi connectivity index (χ2v) is 3.83. The SMILES string of the molecule is CCCCC[C@H]1CC[C@@H](O)C1. The standard InChI is InChI=1S/C10H20O/c1-2-3-4-5-9-6-7-10(11)8-9/h9-11H,2-8H2,1H3/t9-,10+/m0/s1. The number of aliphatic hydroxyl groups is 1. The van der Waals surface area contributed by atoms with Gasteiger partial charge < -0.3 is 5.11 Å². The van der Waals surface area contributed by atoms with Crippen molar-refractivity contribution in [2.45, 2.75) is 58.0 Å². The molecule has 1 aliphatic carbocycles. The maximum Gasteiger partial charge on any atom is 0.0543 e. The molecule has 1 aliphatic rings. The third-order valence-corrected chi connectivity index (χ3v) is 2.73. The van der Waals surface area contributed by atoms with Crippen LogP contribution in [0.3, 0.4) is 0 Å². The van der Waals surface area contributed by atoms with Gasteiger partial charge in [-0.1, -0.05) is 32.6 Å². The molecule has 1 saturated carbocycles. The molecule has 0 spiro atoms. The zero-order valence-electron chi connectivity index (χ0n) is 7.55. The maximum absolute atomic E-state index is 9.26. The van der Waals surface area contributed by atoms with Crippen LogP contribution in [0.2, 0.25) is 0 Å². The van der Waals surface area contributed by atoms with Gasteiger partial charge in [-0.05, 0) is 25.2 Å². The van der Waals surface area contributed by atoms with Crippen LogP contribution in [0, 0.1) is 5.92 Å². The normalized spacial score (nSPS) is 31.1. The summed E-state index contributed by atoms with van der Waals surface area (Å²) in [6, 6.07) is 0. The lowest BCUT2D eigenvalue weighted by Gasteiger charge is -2.07. The number of rotatable bonds is 4. The van der Waals surface area contributed by atoms with Gasteiger partial charge >= 0.3 is 0 Å². The molecule has 0 amide bonds. The Labute approximate surface area is 69.8 Å².